The molecule has 0 aliphatic heterocycles. The number of amides is 1. The molecule has 1 aromatic rings. The number of anilines is 1. The molecule has 0 aromatic heterocycles. The first-order chi connectivity index (χ1) is 9.54. The maximum atomic E-state index is 11.9. The molecule has 1 unspecified atom stereocenters. The Morgan fingerprint density at radius 1 is 1.30 bits per heavy atom. The van der Waals surface area contributed by atoms with Gasteiger partial charge in [-0.15, -0.1) is 0 Å². The second-order valence-electron chi connectivity index (χ2n) is 5.35. The first-order valence-corrected chi connectivity index (χ1v) is 6.90. The fourth-order valence-corrected chi connectivity index (χ4v) is 2.24. The van der Waals surface area contributed by atoms with Gasteiger partial charge in [-0.25, -0.2) is 0 Å². The topological polar surface area (TPSA) is 92.4 Å². The Labute approximate surface area is 118 Å². The van der Waals surface area contributed by atoms with Crippen molar-refractivity contribution in [2.75, 3.05) is 5.73 Å². The van der Waals surface area contributed by atoms with Crippen LogP contribution < -0.4 is 11.1 Å². The monoisotopic (exact) mass is 276 g/mol. The number of carbonyl (C=O) groups excluding carboxylic acids is 1. The zero-order valence-corrected chi connectivity index (χ0v) is 11.3. The highest BCUT2D eigenvalue weighted by Crippen LogP contribution is 2.34. The minimum absolute atomic E-state index is 0.0122. The van der Waals surface area contributed by atoms with Crippen LogP contribution in [0.25, 0.3) is 0 Å². The molecular weight excluding hydrogens is 256 g/mol. The summed E-state index contributed by atoms with van der Waals surface area (Å²) in [5.74, 6) is -0.604. The maximum absolute atomic E-state index is 11.9. The molecule has 2 rings (SSSR count). The van der Waals surface area contributed by atoms with Gasteiger partial charge in [-0.05, 0) is 42.9 Å². The molecule has 1 aliphatic carbocycles. The molecule has 20 heavy (non-hydrogen) atoms. The van der Waals surface area contributed by atoms with E-state index in [9.17, 15) is 9.59 Å². The second kappa shape index (κ2) is 6.41. The first kappa shape index (κ1) is 14.4. The number of aliphatic carboxylic acids is 1. The molecule has 1 aliphatic rings. The lowest BCUT2D eigenvalue weighted by molar-refractivity contribution is -0.137. The Balaban J connectivity index is 1.79. The quantitative estimate of drug-likeness (QED) is 0.659. The van der Waals surface area contributed by atoms with Gasteiger partial charge < -0.3 is 16.2 Å². The number of carboxylic acids is 1. The molecule has 0 spiro atoms. The summed E-state index contributed by atoms with van der Waals surface area (Å²) in [5.41, 5.74) is 7.35. The summed E-state index contributed by atoms with van der Waals surface area (Å²) in [5, 5.41) is 11.7. The van der Waals surface area contributed by atoms with Crippen molar-refractivity contribution in [3.63, 3.8) is 0 Å². The van der Waals surface area contributed by atoms with Gasteiger partial charge in [-0.3, -0.25) is 9.59 Å². The van der Waals surface area contributed by atoms with Gasteiger partial charge in [0.05, 0.1) is 6.42 Å². The van der Waals surface area contributed by atoms with Crippen LogP contribution in [0.3, 0.4) is 0 Å². The van der Waals surface area contributed by atoms with Gasteiger partial charge in [0.25, 0.3) is 0 Å². The van der Waals surface area contributed by atoms with Crippen LogP contribution in [0.15, 0.2) is 24.3 Å². The Hall–Kier alpha value is -2.04. The molecule has 0 bridgehead atoms. The number of carboxylic acid groups (broad SMARTS) is 1. The van der Waals surface area contributed by atoms with E-state index >= 15 is 0 Å². The normalized spacial score (nSPS) is 15.6. The third kappa shape index (κ3) is 4.57. The number of nitrogen functional groups attached to an aromatic ring is 1. The van der Waals surface area contributed by atoms with Crippen LogP contribution in [-0.2, 0) is 16.0 Å². The zero-order chi connectivity index (χ0) is 14.5. The fraction of sp³-hybridized carbons (Fsp3) is 0.467. The molecule has 1 saturated carbocycles. The van der Waals surface area contributed by atoms with E-state index in [2.05, 4.69) is 5.32 Å². The van der Waals surface area contributed by atoms with Gasteiger partial charge in [-0.2, -0.15) is 0 Å². The second-order valence-corrected chi connectivity index (χ2v) is 5.35. The summed E-state index contributed by atoms with van der Waals surface area (Å²) >= 11 is 0. The third-order valence-corrected chi connectivity index (χ3v) is 3.55. The average molecular weight is 276 g/mol. The van der Waals surface area contributed by atoms with Crippen molar-refractivity contribution < 1.29 is 14.7 Å². The molecular formula is C15H20N2O3. The molecule has 0 heterocycles. The number of benzene rings is 1. The Bertz CT molecular complexity index is 480. The van der Waals surface area contributed by atoms with Gasteiger partial charge in [0.2, 0.25) is 5.91 Å². The number of hydrogen-bond donors (Lipinski definition) is 3. The maximum Gasteiger partial charge on any atom is 0.305 e. The highest BCUT2D eigenvalue weighted by molar-refractivity contribution is 5.77. The van der Waals surface area contributed by atoms with Crippen molar-refractivity contribution in [3.05, 3.63) is 29.8 Å². The molecule has 4 N–H and O–H groups in total. The van der Waals surface area contributed by atoms with Crippen LogP contribution in [0.2, 0.25) is 0 Å². The molecule has 1 aromatic carbocycles. The fourth-order valence-electron chi connectivity index (χ4n) is 2.24. The molecule has 5 nitrogen and oxygen atoms in total. The largest absolute Gasteiger partial charge is 0.481 e. The van der Waals surface area contributed by atoms with Crippen molar-refractivity contribution in [2.24, 2.45) is 5.92 Å². The number of aryl methyl sites for hydroxylation is 1. The standard InChI is InChI=1S/C15H20N2O3/c16-12-6-1-10(2-7-12)3-8-14(18)17-13(9-15(19)20)11-4-5-11/h1-2,6-7,11,13H,3-5,8-9,16H2,(H,17,18)(H,19,20). The van der Waals surface area contributed by atoms with Gasteiger partial charge in [-0.1, -0.05) is 12.1 Å². The summed E-state index contributed by atoms with van der Waals surface area (Å²) in [6, 6.07) is 7.21. The van der Waals surface area contributed by atoms with E-state index in [4.69, 9.17) is 10.8 Å². The predicted molar refractivity (Wildman–Crippen MR) is 76.1 cm³/mol. The summed E-state index contributed by atoms with van der Waals surface area (Å²) in [4.78, 5) is 22.7. The van der Waals surface area contributed by atoms with Crippen molar-refractivity contribution in [3.8, 4) is 0 Å². The summed E-state index contributed by atoms with van der Waals surface area (Å²) in [7, 11) is 0. The summed E-state index contributed by atoms with van der Waals surface area (Å²) in [6.07, 6.45) is 3.04. The molecule has 0 saturated heterocycles. The Morgan fingerprint density at radius 3 is 2.50 bits per heavy atom. The number of nitrogens with one attached hydrogen (secondary N) is 1. The first-order valence-electron chi connectivity index (χ1n) is 6.90. The molecule has 0 radical (unpaired) electrons. The SMILES string of the molecule is Nc1ccc(CCC(=O)NC(CC(=O)O)C2CC2)cc1. The lowest BCUT2D eigenvalue weighted by Gasteiger charge is -2.16. The van der Waals surface area contributed by atoms with E-state index < -0.39 is 5.97 Å². The average Bonchev–Trinajstić information content (AvgIpc) is 3.21. The molecule has 108 valence electrons. The summed E-state index contributed by atoms with van der Waals surface area (Å²) in [6.45, 7) is 0. The summed E-state index contributed by atoms with van der Waals surface area (Å²) < 4.78 is 0. The lowest BCUT2D eigenvalue weighted by Crippen LogP contribution is -2.38. The number of rotatable bonds is 7. The highest BCUT2D eigenvalue weighted by atomic mass is 16.4. The van der Waals surface area contributed by atoms with Crippen molar-refractivity contribution >= 4 is 17.6 Å². The van der Waals surface area contributed by atoms with Crippen molar-refractivity contribution in [1.82, 2.24) is 5.32 Å². The lowest BCUT2D eigenvalue weighted by atomic mass is 10.1. The molecule has 1 atom stereocenters. The van der Waals surface area contributed by atoms with Crippen LogP contribution in [-0.4, -0.2) is 23.0 Å². The minimum atomic E-state index is -0.860. The molecule has 1 fully saturated rings. The smallest absolute Gasteiger partial charge is 0.305 e. The van der Waals surface area contributed by atoms with E-state index in [1.54, 1.807) is 0 Å². The van der Waals surface area contributed by atoms with Crippen LogP contribution in [0.4, 0.5) is 5.69 Å². The highest BCUT2D eigenvalue weighted by Gasteiger charge is 2.33. The van der Waals surface area contributed by atoms with Gasteiger partial charge in [0, 0.05) is 18.2 Å². The van der Waals surface area contributed by atoms with E-state index in [1.807, 2.05) is 24.3 Å². The third-order valence-electron chi connectivity index (χ3n) is 3.55. The van der Waals surface area contributed by atoms with Crippen molar-refractivity contribution in [1.29, 1.82) is 0 Å². The van der Waals surface area contributed by atoms with E-state index in [1.165, 1.54) is 0 Å². The van der Waals surface area contributed by atoms with E-state index in [0.29, 0.717) is 24.4 Å². The Morgan fingerprint density at radius 2 is 1.95 bits per heavy atom. The van der Waals surface area contributed by atoms with E-state index in [-0.39, 0.29) is 18.4 Å². The molecule has 5 heteroatoms. The van der Waals surface area contributed by atoms with Crippen LogP contribution in [0, 0.1) is 5.92 Å². The zero-order valence-electron chi connectivity index (χ0n) is 11.3. The van der Waals surface area contributed by atoms with E-state index in [0.717, 1.165) is 18.4 Å². The number of carbonyl (C=O) groups is 2. The van der Waals surface area contributed by atoms with Crippen LogP contribution in [0.1, 0.15) is 31.2 Å². The van der Waals surface area contributed by atoms with Crippen molar-refractivity contribution in [2.45, 2.75) is 38.1 Å². The van der Waals surface area contributed by atoms with Gasteiger partial charge in [0.15, 0.2) is 0 Å². The number of hydrogen-bond acceptors (Lipinski definition) is 3. The predicted octanol–water partition coefficient (Wildman–Crippen LogP) is 1.57. The van der Waals surface area contributed by atoms with Gasteiger partial charge in [0.1, 0.15) is 0 Å². The number of nitrogens with two attached hydrogens (primary N) is 1. The molecule has 1 amide bonds. The Kier molecular flexibility index (Phi) is 4.61. The van der Waals surface area contributed by atoms with Crippen LogP contribution >= 0.6 is 0 Å². The minimum Gasteiger partial charge on any atom is -0.481 e. The van der Waals surface area contributed by atoms with Gasteiger partial charge >= 0.3 is 5.97 Å². The van der Waals surface area contributed by atoms with Crippen LogP contribution in [0.5, 0.6) is 0 Å².